The fraction of sp³-hybridized carbons (Fsp3) is 0.435. The minimum Gasteiger partial charge on any atom is -0.426 e. The first-order valence-electron chi connectivity index (χ1n) is 9.60. The Bertz CT molecular complexity index is 798. The van der Waals surface area contributed by atoms with Gasteiger partial charge >= 0.3 is 5.97 Å². The number of para-hydroxylation sites is 1. The molecule has 0 amide bonds. The van der Waals surface area contributed by atoms with Crippen molar-refractivity contribution in [3.8, 4) is 5.75 Å². The molecule has 2 fully saturated rings. The highest BCUT2D eigenvalue weighted by molar-refractivity contribution is 5.78. The fourth-order valence-electron chi connectivity index (χ4n) is 4.79. The van der Waals surface area contributed by atoms with E-state index in [-0.39, 0.29) is 23.8 Å². The first kappa shape index (κ1) is 17.3. The van der Waals surface area contributed by atoms with E-state index in [2.05, 4.69) is 43.1 Å². The predicted molar refractivity (Wildman–Crippen MR) is 103 cm³/mol. The number of carbonyl (C=O) groups is 1. The Labute approximate surface area is 156 Å². The molecule has 4 rings (SSSR count). The molecule has 0 aromatic heterocycles. The monoisotopic (exact) mass is 349 g/mol. The van der Waals surface area contributed by atoms with Crippen LogP contribution >= 0.6 is 0 Å². The summed E-state index contributed by atoms with van der Waals surface area (Å²) >= 11 is 0. The molecule has 0 radical (unpaired) electrons. The zero-order valence-corrected chi connectivity index (χ0v) is 15.8. The van der Waals surface area contributed by atoms with Crippen molar-refractivity contribution in [1.29, 1.82) is 0 Å². The largest absolute Gasteiger partial charge is 0.426 e. The van der Waals surface area contributed by atoms with Gasteiger partial charge in [-0.3, -0.25) is 9.69 Å². The van der Waals surface area contributed by atoms with Crippen LogP contribution in [0.2, 0.25) is 0 Å². The Morgan fingerprint density at radius 2 is 1.77 bits per heavy atom. The number of aryl methyl sites for hydroxylation is 2. The van der Waals surface area contributed by atoms with E-state index in [9.17, 15) is 4.79 Å². The molecule has 2 aliphatic rings. The summed E-state index contributed by atoms with van der Waals surface area (Å²) in [5.74, 6) is 0.729. The first-order valence-corrected chi connectivity index (χ1v) is 9.60. The lowest BCUT2D eigenvalue weighted by atomic mass is 9.76. The molecule has 0 spiro atoms. The normalized spacial score (nSPS) is 28.1. The summed E-state index contributed by atoms with van der Waals surface area (Å²) in [4.78, 5) is 15.7. The maximum atomic E-state index is 13.3. The number of esters is 1. The quantitative estimate of drug-likeness (QED) is 0.605. The number of hydrogen-bond acceptors (Lipinski definition) is 3. The van der Waals surface area contributed by atoms with E-state index < -0.39 is 0 Å². The molecule has 2 aliphatic heterocycles. The summed E-state index contributed by atoms with van der Waals surface area (Å²) in [5.41, 5.74) is 3.53. The maximum absolute atomic E-state index is 13.3. The number of ether oxygens (including phenoxy) is 1. The van der Waals surface area contributed by atoms with Crippen molar-refractivity contribution in [2.45, 2.75) is 51.1 Å². The molecule has 2 heterocycles. The Hall–Kier alpha value is -2.13. The second-order valence-corrected chi connectivity index (χ2v) is 7.93. The van der Waals surface area contributed by atoms with Gasteiger partial charge in [0.25, 0.3) is 0 Å². The molecule has 26 heavy (non-hydrogen) atoms. The predicted octanol–water partition coefficient (Wildman–Crippen LogP) is 4.48. The summed E-state index contributed by atoms with van der Waals surface area (Å²) < 4.78 is 5.89. The number of rotatable bonds is 3. The van der Waals surface area contributed by atoms with Crippen molar-refractivity contribution >= 4 is 5.97 Å². The van der Waals surface area contributed by atoms with E-state index in [1.165, 1.54) is 17.5 Å². The molecular formula is C23H27NO2. The van der Waals surface area contributed by atoms with Crippen LogP contribution in [0, 0.1) is 19.8 Å². The zero-order chi connectivity index (χ0) is 18.3. The molecular weight excluding hydrogens is 322 g/mol. The van der Waals surface area contributed by atoms with Crippen molar-refractivity contribution in [1.82, 2.24) is 4.90 Å². The van der Waals surface area contributed by atoms with Crippen LogP contribution in [0.3, 0.4) is 0 Å². The van der Waals surface area contributed by atoms with E-state index in [0.717, 1.165) is 18.4 Å². The van der Waals surface area contributed by atoms with E-state index in [1.807, 2.05) is 31.2 Å². The first-order chi connectivity index (χ1) is 12.5. The SMILES string of the molecule is Cc1ccc([C@H]2C[C@H]3CCC(C2C(=O)Oc2ccccc2C)N3C)cc1. The number of carbonyl (C=O) groups excluding carboxylic acids is 1. The Morgan fingerprint density at radius 3 is 2.50 bits per heavy atom. The Balaban J connectivity index is 1.65. The molecule has 2 bridgehead atoms. The third kappa shape index (κ3) is 3.05. The fourth-order valence-corrected chi connectivity index (χ4v) is 4.79. The van der Waals surface area contributed by atoms with Gasteiger partial charge in [-0.2, -0.15) is 0 Å². The van der Waals surface area contributed by atoms with Gasteiger partial charge in [-0.25, -0.2) is 0 Å². The van der Waals surface area contributed by atoms with Gasteiger partial charge < -0.3 is 4.74 Å². The van der Waals surface area contributed by atoms with Gasteiger partial charge in [-0.1, -0.05) is 48.0 Å². The highest BCUT2D eigenvalue weighted by Gasteiger charge is 2.49. The summed E-state index contributed by atoms with van der Waals surface area (Å²) in [5, 5.41) is 0. The summed E-state index contributed by atoms with van der Waals surface area (Å²) in [6.45, 7) is 4.09. The van der Waals surface area contributed by atoms with Crippen LogP contribution in [0.4, 0.5) is 0 Å². The summed E-state index contributed by atoms with van der Waals surface area (Å²) in [7, 11) is 2.17. The van der Waals surface area contributed by atoms with Crippen LogP contribution in [-0.4, -0.2) is 30.0 Å². The third-order valence-corrected chi connectivity index (χ3v) is 6.35. The van der Waals surface area contributed by atoms with E-state index in [4.69, 9.17) is 4.74 Å². The highest BCUT2D eigenvalue weighted by Crippen LogP contribution is 2.46. The van der Waals surface area contributed by atoms with Crippen LogP contribution in [0.5, 0.6) is 5.75 Å². The average Bonchev–Trinajstić information content (AvgIpc) is 2.87. The van der Waals surface area contributed by atoms with Gasteiger partial charge in [0.15, 0.2) is 0 Å². The molecule has 3 heteroatoms. The lowest BCUT2D eigenvalue weighted by Gasteiger charge is -2.42. The second kappa shape index (κ2) is 6.88. The molecule has 2 unspecified atom stereocenters. The second-order valence-electron chi connectivity index (χ2n) is 7.93. The summed E-state index contributed by atoms with van der Waals surface area (Å²) in [6.07, 6.45) is 3.29. The van der Waals surface area contributed by atoms with Crippen molar-refractivity contribution in [2.24, 2.45) is 5.92 Å². The number of piperidine rings is 1. The Morgan fingerprint density at radius 1 is 1.04 bits per heavy atom. The smallest absolute Gasteiger partial charge is 0.316 e. The molecule has 136 valence electrons. The van der Waals surface area contributed by atoms with Crippen LogP contribution in [0.15, 0.2) is 48.5 Å². The summed E-state index contributed by atoms with van der Waals surface area (Å²) in [6, 6.07) is 17.3. The van der Waals surface area contributed by atoms with Crippen LogP contribution in [0.1, 0.15) is 41.9 Å². The lowest BCUT2D eigenvalue weighted by molar-refractivity contribution is -0.143. The van der Waals surface area contributed by atoms with Crippen LogP contribution in [0.25, 0.3) is 0 Å². The molecule has 2 saturated heterocycles. The number of fused-ring (bicyclic) bond motifs is 2. The van der Waals surface area contributed by atoms with Crippen molar-refractivity contribution in [3.63, 3.8) is 0 Å². The molecule has 0 N–H and O–H groups in total. The minimum absolute atomic E-state index is 0.0814. The molecule has 3 nitrogen and oxygen atoms in total. The molecule has 2 aromatic rings. The molecule has 0 aliphatic carbocycles. The van der Waals surface area contributed by atoms with Crippen LogP contribution < -0.4 is 4.74 Å². The van der Waals surface area contributed by atoms with Gasteiger partial charge in [0.1, 0.15) is 5.75 Å². The third-order valence-electron chi connectivity index (χ3n) is 6.35. The van der Waals surface area contributed by atoms with Crippen molar-refractivity contribution in [3.05, 3.63) is 65.2 Å². The van der Waals surface area contributed by atoms with Crippen molar-refractivity contribution in [2.75, 3.05) is 7.05 Å². The molecule has 0 saturated carbocycles. The highest BCUT2D eigenvalue weighted by atomic mass is 16.5. The molecule has 4 atom stereocenters. The van der Waals surface area contributed by atoms with Crippen molar-refractivity contribution < 1.29 is 9.53 Å². The zero-order valence-electron chi connectivity index (χ0n) is 15.8. The van der Waals surface area contributed by atoms with Gasteiger partial charge in [-0.15, -0.1) is 0 Å². The number of nitrogens with zero attached hydrogens (tertiary/aromatic N) is 1. The van der Waals surface area contributed by atoms with E-state index >= 15 is 0 Å². The average molecular weight is 349 g/mol. The Kier molecular flexibility index (Phi) is 4.58. The van der Waals surface area contributed by atoms with Gasteiger partial charge in [0, 0.05) is 18.0 Å². The topological polar surface area (TPSA) is 29.5 Å². The maximum Gasteiger partial charge on any atom is 0.316 e. The molecule has 2 aromatic carbocycles. The number of hydrogen-bond donors (Lipinski definition) is 0. The standard InChI is InChI=1S/C23H27NO2/c1-15-8-10-17(11-9-15)19-14-18-12-13-20(24(18)3)22(19)23(25)26-21-7-5-4-6-16(21)2/h4-11,18-20,22H,12-14H2,1-3H3/t18-,19-,20?,22?/m1/s1. The van der Waals surface area contributed by atoms with E-state index in [0.29, 0.717) is 11.8 Å². The van der Waals surface area contributed by atoms with Crippen LogP contribution in [-0.2, 0) is 4.79 Å². The van der Waals surface area contributed by atoms with Gasteiger partial charge in [-0.05, 0) is 57.4 Å². The number of benzene rings is 2. The minimum atomic E-state index is -0.110. The van der Waals surface area contributed by atoms with E-state index in [1.54, 1.807) is 0 Å². The van der Waals surface area contributed by atoms with Gasteiger partial charge in [0.2, 0.25) is 0 Å². The van der Waals surface area contributed by atoms with Gasteiger partial charge in [0.05, 0.1) is 5.92 Å². The lowest BCUT2D eigenvalue weighted by Crippen LogP contribution is -2.49.